The number of aliphatic hydroxyl groups is 7. The Balaban J connectivity index is 2.16. The highest BCUT2D eigenvalue weighted by atomic mass is 16.6. The molecule has 0 aromatic heterocycles. The Morgan fingerprint density at radius 2 is 1.64 bits per heavy atom. The summed E-state index contributed by atoms with van der Waals surface area (Å²) in [5.41, 5.74) is 0.134. The Kier molecular flexibility index (Phi) is 5.54. The van der Waals surface area contributed by atoms with Gasteiger partial charge in [0.25, 0.3) is 0 Å². The Bertz CT molecular complexity index is 419. The average Bonchev–Trinajstić information content (AvgIpc) is 2.49. The first-order valence-electron chi connectivity index (χ1n) is 7.09. The van der Waals surface area contributed by atoms with Gasteiger partial charge in [-0.1, -0.05) is 6.08 Å². The van der Waals surface area contributed by atoms with E-state index in [1.54, 1.807) is 6.92 Å². The van der Waals surface area contributed by atoms with E-state index in [1.165, 1.54) is 6.08 Å². The molecule has 8 N–H and O–H groups in total. The molecule has 0 aromatic carbocycles. The molecule has 1 aliphatic carbocycles. The smallest absolute Gasteiger partial charge is 0.183 e. The topological polar surface area (TPSA) is 163 Å². The summed E-state index contributed by atoms with van der Waals surface area (Å²) in [6.45, 7) is 1.07. The summed E-state index contributed by atoms with van der Waals surface area (Å²) in [5.74, 6) is 0. The molecule has 9 atom stereocenters. The Hall–Kier alpha value is -0.620. The Labute approximate surface area is 127 Å². The van der Waals surface area contributed by atoms with Crippen molar-refractivity contribution in [2.75, 3.05) is 6.61 Å². The van der Waals surface area contributed by atoms with Crippen molar-refractivity contribution >= 4 is 0 Å². The van der Waals surface area contributed by atoms with Crippen LogP contribution in [0.3, 0.4) is 0 Å². The minimum Gasteiger partial charge on any atom is -0.392 e. The van der Waals surface area contributed by atoms with Gasteiger partial charge in [-0.3, -0.25) is 0 Å². The van der Waals surface area contributed by atoms with Crippen LogP contribution in [0.5, 0.6) is 0 Å². The predicted octanol–water partition coefficient (Wildman–Crippen LogP) is -4.21. The van der Waals surface area contributed by atoms with Gasteiger partial charge in [0, 0.05) is 0 Å². The number of nitrogens with one attached hydrogen (secondary N) is 1. The lowest BCUT2D eigenvalue weighted by Gasteiger charge is -2.43. The van der Waals surface area contributed by atoms with Crippen molar-refractivity contribution in [2.45, 2.75) is 61.9 Å². The molecule has 9 heteroatoms. The molecule has 0 saturated carbocycles. The third kappa shape index (κ3) is 3.18. The number of hydrogen-bond donors (Lipinski definition) is 8. The van der Waals surface area contributed by atoms with Crippen LogP contribution < -0.4 is 5.32 Å². The second-order valence-corrected chi connectivity index (χ2v) is 5.76. The average molecular weight is 321 g/mol. The van der Waals surface area contributed by atoms with Crippen molar-refractivity contribution in [3.63, 3.8) is 0 Å². The molecule has 1 heterocycles. The highest BCUT2D eigenvalue weighted by molar-refractivity contribution is 5.22. The van der Waals surface area contributed by atoms with E-state index in [2.05, 4.69) is 5.32 Å². The maximum Gasteiger partial charge on any atom is 0.183 e. The largest absolute Gasteiger partial charge is 0.392 e. The summed E-state index contributed by atoms with van der Waals surface area (Å²) >= 11 is 0. The predicted molar refractivity (Wildman–Crippen MR) is 72.5 cm³/mol. The molecule has 0 unspecified atom stereocenters. The van der Waals surface area contributed by atoms with Crippen molar-refractivity contribution in [1.82, 2.24) is 5.32 Å². The zero-order chi connectivity index (χ0) is 16.6. The monoisotopic (exact) mass is 321 g/mol. The van der Waals surface area contributed by atoms with Crippen LogP contribution in [0.2, 0.25) is 0 Å². The Morgan fingerprint density at radius 3 is 2.23 bits per heavy atom. The summed E-state index contributed by atoms with van der Waals surface area (Å²) in [6, 6.07) is -1.72. The SMILES string of the molecule is C[C@H]1O[C@H](O)[C@H](O)[C@@H](O)[C@@H]1N[C@H]1C=C(CO)[C@@H](O)[C@H](O)[C@H]1O. The maximum atomic E-state index is 10.0. The van der Waals surface area contributed by atoms with Crippen LogP contribution in [-0.2, 0) is 4.74 Å². The van der Waals surface area contributed by atoms with Crippen molar-refractivity contribution in [1.29, 1.82) is 0 Å². The highest BCUT2D eigenvalue weighted by Gasteiger charge is 2.45. The van der Waals surface area contributed by atoms with E-state index in [0.717, 1.165) is 0 Å². The molecule has 22 heavy (non-hydrogen) atoms. The molecule has 2 rings (SSSR count). The van der Waals surface area contributed by atoms with Gasteiger partial charge in [-0.15, -0.1) is 0 Å². The van der Waals surface area contributed by atoms with Crippen molar-refractivity contribution in [2.24, 2.45) is 0 Å². The molecular weight excluding hydrogens is 298 g/mol. The first-order valence-corrected chi connectivity index (χ1v) is 7.09. The molecule has 9 nitrogen and oxygen atoms in total. The minimum atomic E-state index is -1.52. The van der Waals surface area contributed by atoms with Gasteiger partial charge in [-0.2, -0.15) is 0 Å². The lowest BCUT2D eigenvalue weighted by atomic mass is 9.86. The normalized spacial score (nSPS) is 49.8. The fourth-order valence-corrected chi connectivity index (χ4v) is 2.84. The molecular formula is C13H23NO8. The first-order chi connectivity index (χ1) is 10.3. The molecule has 0 aromatic rings. The maximum absolute atomic E-state index is 10.0. The molecule has 1 fully saturated rings. The molecule has 128 valence electrons. The van der Waals surface area contributed by atoms with Gasteiger partial charge < -0.3 is 45.8 Å². The molecule has 2 aliphatic rings. The number of rotatable bonds is 3. The van der Waals surface area contributed by atoms with Crippen LogP contribution in [0.25, 0.3) is 0 Å². The number of hydrogen-bond acceptors (Lipinski definition) is 9. The van der Waals surface area contributed by atoms with Crippen LogP contribution in [0, 0.1) is 0 Å². The first kappa shape index (κ1) is 17.7. The summed E-state index contributed by atoms with van der Waals surface area (Å²) < 4.78 is 5.08. The summed E-state index contributed by atoms with van der Waals surface area (Å²) in [7, 11) is 0. The second-order valence-electron chi connectivity index (χ2n) is 5.76. The van der Waals surface area contributed by atoms with E-state index in [9.17, 15) is 35.7 Å². The quantitative estimate of drug-likeness (QED) is 0.241. The van der Waals surface area contributed by atoms with Gasteiger partial charge in [0.1, 0.15) is 30.5 Å². The van der Waals surface area contributed by atoms with Gasteiger partial charge in [0.05, 0.1) is 24.8 Å². The van der Waals surface area contributed by atoms with E-state index in [1.807, 2.05) is 0 Å². The van der Waals surface area contributed by atoms with E-state index in [0.29, 0.717) is 0 Å². The lowest BCUT2D eigenvalue weighted by Crippen LogP contribution is -2.66. The van der Waals surface area contributed by atoms with E-state index < -0.39 is 61.6 Å². The highest BCUT2D eigenvalue weighted by Crippen LogP contribution is 2.24. The minimum absolute atomic E-state index is 0.134. The van der Waals surface area contributed by atoms with Crippen molar-refractivity contribution in [3.05, 3.63) is 11.6 Å². The van der Waals surface area contributed by atoms with Gasteiger partial charge in [-0.05, 0) is 12.5 Å². The third-order valence-electron chi connectivity index (χ3n) is 4.25. The Morgan fingerprint density at radius 1 is 1.00 bits per heavy atom. The molecule has 0 spiro atoms. The van der Waals surface area contributed by atoms with Gasteiger partial charge in [-0.25, -0.2) is 0 Å². The van der Waals surface area contributed by atoms with Crippen molar-refractivity contribution < 1.29 is 40.5 Å². The van der Waals surface area contributed by atoms with E-state index in [4.69, 9.17) is 4.74 Å². The number of ether oxygens (including phenoxy) is 1. The summed E-state index contributed by atoms with van der Waals surface area (Å²) in [6.07, 6.45) is -7.99. The molecule has 1 saturated heterocycles. The van der Waals surface area contributed by atoms with Crippen LogP contribution >= 0.6 is 0 Å². The van der Waals surface area contributed by atoms with Gasteiger partial charge in [0.2, 0.25) is 0 Å². The van der Waals surface area contributed by atoms with Crippen LogP contribution in [0.4, 0.5) is 0 Å². The summed E-state index contributed by atoms with van der Waals surface area (Å²) in [5, 5.41) is 70.6. The lowest BCUT2D eigenvalue weighted by molar-refractivity contribution is -0.254. The number of aliphatic hydroxyl groups excluding tert-OH is 7. The van der Waals surface area contributed by atoms with Crippen molar-refractivity contribution in [3.8, 4) is 0 Å². The fraction of sp³-hybridized carbons (Fsp3) is 0.846. The second kappa shape index (κ2) is 6.87. The summed E-state index contributed by atoms with van der Waals surface area (Å²) in [4.78, 5) is 0. The van der Waals surface area contributed by atoms with Crippen LogP contribution in [0.1, 0.15) is 6.92 Å². The van der Waals surface area contributed by atoms with Gasteiger partial charge in [0.15, 0.2) is 6.29 Å². The molecule has 0 bridgehead atoms. The van der Waals surface area contributed by atoms with Crippen LogP contribution in [-0.4, -0.2) is 97.4 Å². The van der Waals surface area contributed by atoms with Crippen LogP contribution in [0.15, 0.2) is 11.6 Å². The zero-order valence-corrected chi connectivity index (χ0v) is 12.0. The van der Waals surface area contributed by atoms with Gasteiger partial charge >= 0.3 is 0 Å². The zero-order valence-electron chi connectivity index (χ0n) is 12.0. The molecule has 0 radical (unpaired) electrons. The fourth-order valence-electron chi connectivity index (χ4n) is 2.84. The standard InChI is InChI=1S/C13H23NO8/c1-4-7(10(18)12(20)13(21)22-4)14-6-2-5(3-15)8(16)11(19)9(6)17/h2,4,6-21H,3H2,1H3/t4-,6+,7-,8-,9+,10+,11+,12-,13+/m1/s1. The molecule has 0 amide bonds. The third-order valence-corrected chi connectivity index (χ3v) is 4.25. The van der Waals surface area contributed by atoms with E-state index in [-0.39, 0.29) is 5.57 Å². The molecule has 1 aliphatic heterocycles. The van der Waals surface area contributed by atoms with E-state index >= 15 is 0 Å².